The Balaban J connectivity index is 2.60. The summed E-state index contributed by atoms with van der Waals surface area (Å²) in [6.45, 7) is 6.25. The van der Waals surface area contributed by atoms with Gasteiger partial charge < -0.3 is 9.84 Å². The van der Waals surface area contributed by atoms with E-state index in [1.165, 1.54) is 5.57 Å². The van der Waals surface area contributed by atoms with E-state index in [4.69, 9.17) is 9.84 Å². The lowest BCUT2D eigenvalue weighted by Gasteiger charge is -2.33. The first-order chi connectivity index (χ1) is 7.78. The smallest absolute Gasteiger partial charge is 0.331 e. The fraction of sp³-hybridized carbons (Fsp3) is 0.538. The first kappa shape index (κ1) is 13.5. The van der Waals surface area contributed by atoms with Crippen molar-refractivity contribution in [3.63, 3.8) is 0 Å². The van der Waals surface area contributed by atoms with Crippen LogP contribution in [0.25, 0.3) is 0 Å². The molecule has 0 fully saturated rings. The average molecular weight is 238 g/mol. The maximum absolute atomic E-state index is 11.3. The Bertz CT molecular complexity index is 377. The third-order valence-electron chi connectivity index (χ3n) is 2.61. The third-order valence-corrected chi connectivity index (χ3v) is 2.61. The molecule has 0 aliphatic heterocycles. The molecule has 17 heavy (non-hydrogen) atoms. The predicted molar refractivity (Wildman–Crippen MR) is 63.4 cm³/mol. The summed E-state index contributed by atoms with van der Waals surface area (Å²) in [6.07, 6.45) is 5.14. The third kappa shape index (κ3) is 4.85. The zero-order valence-electron chi connectivity index (χ0n) is 10.4. The second-order valence-corrected chi connectivity index (χ2v) is 5.21. The van der Waals surface area contributed by atoms with E-state index in [0.717, 1.165) is 25.0 Å². The summed E-state index contributed by atoms with van der Waals surface area (Å²) in [4.78, 5) is 21.6. The van der Waals surface area contributed by atoms with E-state index in [9.17, 15) is 9.59 Å². The van der Waals surface area contributed by atoms with Crippen LogP contribution in [0.15, 0.2) is 23.8 Å². The topological polar surface area (TPSA) is 63.6 Å². The van der Waals surface area contributed by atoms with Crippen LogP contribution >= 0.6 is 0 Å². The van der Waals surface area contributed by atoms with Gasteiger partial charge in [-0.1, -0.05) is 19.4 Å². The van der Waals surface area contributed by atoms with Crippen molar-refractivity contribution >= 4 is 11.9 Å². The largest absolute Gasteiger partial charge is 0.478 e. The lowest BCUT2D eigenvalue weighted by atomic mass is 9.76. The van der Waals surface area contributed by atoms with E-state index < -0.39 is 11.9 Å². The summed E-state index contributed by atoms with van der Waals surface area (Å²) in [5.41, 5.74) is 1.31. The second-order valence-electron chi connectivity index (χ2n) is 5.21. The molecule has 1 atom stereocenters. The number of carbonyl (C=O) groups excluding carboxylic acids is 1. The predicted octanol–water partition coefficient (Wildman–Crippen LogP) is 2.31. The van der Waals surface area contributed by atoms with Crippen LogP contribution in [0.5, 0.6) is 0 Å². The summed E-state index contributed by atoms with van der Waals surface area (Å²) >= 11 is 0. The van der Waals surface area contributed by atoms with Crippen molar-refractivity contribution < 1.29 is 19.4 Å². The fourth-order valence-electron chi connectivity index (χ4n) is 2.21. The normalized spacial score (nSPS) is 23.2. The summed E-state index contributed by atoms with van der Waals surface area (Å²) in [5, 5.41) is 8.39. The van der Waals surface area contributed by atoms with Crippen LogP contribution in [-0.2, 0) is 14.3 Å². The van der Waals surface area contributed by atoms with Gasteiger partial charge in [0.2, 0.25) is 0 Å². The minimum Gasteiger partial charge on any atom is -0.478 e. The SMILES string of the molecule is CC1=CC(OC(=O)/C=C\C(=O)O)CC(C)(C)C1. The van der Waals surface area contributed by atoms with Crippen molar-refractivity contribution in [1.82, 2.24) is 0 Å². The lowest BCUT2D eigenvalue weighted by molar-refractivity contribution is -0.143. The van der Waals surface area contributed by atoms with E-state index in [0.29, 0.717) is 0 Å². The summed E-state index contributed by atoms with van der Waals surface area (Å²) < 4.78 is 5.18. The van der Waals surface area contributed by atoms with Crippen molar-refractivity contribution in [3.8, 4) is 0 Å². The molecule has 0 saturated carbocycles. The number of rotatable bonds is 3. The van der Waals surface area contributed by atoms with Gasteiger partial charge in [0.1, 0.15) is 6.10 Å². The highest BCUT2D eigenvalue weighted by Gasteiger charge is 2.28. The van der Waals surface area contributed by atoms with Gasteiger partial charge in [0.05, 0.1) is 0 Å². The van der Waals surface area contributed by atoms with E-state index >= 15 is 0 Å². The van der Waals surface area contributed by atoms with Gasteiger partial charge in [-0.3, -0.25) is 0 Å². The highest BCUT2D eigenvalue weighted by atomic mass is 16.5. The Labute approximate surface area is 101 Å². The molecule has 0 aromatic rings. The van der Waals surface area contributed by atoms with Gasteiger partial charge in [-0.25, -0.2) is 9.59 Å². The van der Waals surface area contributed by atoms with Crippen molar-refractivity contribution in [2.45, 2.75) is 39.7 Å². The van der Waals surface area contributed by atoms with E-state index in [2.05, 4.69) is 13.8 Å². The second kappa shape index (κ2) is 5.17. The number of carboxylic acids is 1. The molecule has 0 radical (unpaired) electrons. The molecule has 1 N–H and O–H groups in total. The molecule has 1 unspecified atom stereocenters. The zero-order chi connectivity index (χ0) is 13.1. The number of aliphatic carboxylic acids is 1. The molecule has 0 bridgehead atoms. The molecule has 4 heteroatoms. The Morgan fingerprint density at radius 3 is 2.65 bits per heavy atom. The minimum absolute atomic E-state index is 0.111. The van der Waals surface area contributed by atoms with Gasteiger partial charge in [0, 0.05) is 12.2 Å². The summed E-state index contributed by atoms with van der Waals surface area (Å²) in [5.74, 6) is -1.77. The van der Waals surface area contributed by atoms with Crippen LogP contribution in [-0.4, -0.2) is 23.1 Å². The standard InChI is InChI=1S/C13H18O4/c1-9-6-10(8-13(2,3)7-9)17-12(16)5-4-11(14)15/h4-6,10H,7-8H2,1-3H3,(H,14,15)/b5-4-. The van der Waals surface area contributed by atoms with Crippen molar-refractivity contribution in [3.05, 3.63) is 23.8 Å². The fourth-order valence-corrected chi connectivity index (χ4v) is 2.21. The van der Waals surface area contributed by atoms with Crippen molar-refractivity contribution in [2.24, 2.45) is 5.41 Å². The van der Waals surface area contributed by atoms with Crippen LogP contribution in [0.3, 0.4) is 0 Å². The molecule has 94 valence electrons. The maximum atomic E-state index is 11.3. The van der Waals surface area contributed by atoms with Crippen molar-refractivity contribution in [2.75, 3.05) is 0 Å². The number of esters is 1. The van der Waals surface area contributed by atoms with Crippen LogP contribution in [0.1, 0.15) is 33.6 Å². The zero-order valence-corrected chi connectivity index (χ0v) is 10.4. The van der Waals surface area contributed by atoms with Crippen LogP contribution in [0.2, 0.25) is 0 Å². The maximum Gasteiger partial charge on any atom is 0.331 e. The highest BCUT2D eigenvalue weighted by molar-refractivity contribution is 5.90. The Morgan fingerprint density at radius 1 is 1.47 bits per heavy atom. The molecule has 0 heterocycles. The number of ether oxygens (including phenoxy) is 1. The van der Waals surface area contributed by atoms with Gasteiger partial charge in [-0.05, 0) is 31.3 Å². The molecule has 0 spiro atoms. The van der Waals surface area contributed by atoms with Gasteiger partial charge in [0.25, 0.3) is 0 Å². The molecule has 0 aromatic heterocycles. The Morgan fingerprint density at radius 2 is 2.12 bits per heavy atom. The van der Waals surface area contributed by atoms with Crippen LogP contribution < -0.4 is 0 Å². The number of carboxylic acid groups (broad SMARTS) is 1. The molecular weight excluding hydrogens is 220 g/mol. The molecule has 0 amide bonds. The van der Waals surface area contributed by atoms with Gasteiger partial charge in [0.15, 0.2) is 0 Å². The number of carbonyl (C=O) groups is 2. The number of hydrogen-bond donors (Lipinski definition) is 1. The first-order valence-corrected chi connectivity index (χ1v) is 5.57. The van der Waals surface area contributed by atoms with Crippen LogP contribution in [0.4, 0.5) is 0 Å². The average Bonchev–Trinajstić information content (AvgIpc) is 2.11. The minimum atomic E-state index is -1.15. The highest BCUT2D eigenvalue weighted by Crippen LogP contribution is 2.36. The van der Waals surface area contributed by atoms with E-state index in [1.807, 2.05) is 13.0 Å². The summed E-state index contributed by atoms with van der Waals surface area (Å²) in [7, 11) is 0. The molecule has 4 nitrogen and oxygen atoms in total. The number of hydrogen-bond acceptors (Lipinski definition) is 3. The van der Waals surface area contributed by atoms with Gasteiger partial charge in [-0.2, -0.15) is 0 Å². The first-order valence-electron chi connectivity index (χ1n) is 5.57. The molecule has 1 aliphatic rings. The molecule has 0 aromatic carbocycles. The van der Waals surface area contributed by atoms with E-state index in [-0.39, 0.29) is 11.5 Å². The van der Waals surface area contributed by atoms with E-state index in [1.54, 1.807) is 0 Å². The summed E-state index contributed by atoms with van der Waals surface area (Å²) in [6, 6.07) is 0. The Hall–Kier alpha value is -1.58. The monoisotopic (exact) mass is 238 g/mol. The number of allylic oxidation sites excluding steroid dienone is 1. The molecular formula is C13H18O4. The molecule has 1 aliphatic carbocycles. The molecule has 0 saturated heterocycles. The lowest BCUT2D eigenvalue weighted by Crippen LogP contribution is -2.28. The quantitative estimate of drug-likeness (QED) is 0.465. The van der Waals surface area contributed by atoms with Gasteiger partial charge in [-0.15, -0.1) is 0 Å². The molecule has 1 rings (SSSR count). The Kier molecular flexibility index (Phi) is 4.10. The van der Waals surface area contributed by atoms with Crippen LogP contribution in [0, 0.1) is 5.41 Å². The van der Waals surface area contributed by atoms with Gasteiger partial charge >= 0.3 is 11.9 Å². The van der Waals surface area contributed by atoms with Crippen molar-refractivity contribution in [1.29, 1.82) is 0 Å².